The van der Waals surface area contributed by atoms with Gasteiger partial charge in [0.05, 0.1) is 0 Å². The molecule has 1 aliphatic heterocycles. The molecule has 2 aromatic rings. The van der Waals surface area contributed by atoms with E-state index >= 15 is 0 Å². The smallest absolute Gasteiger partial charge is 0.137 e. The summed E-state index contributed by atoms with van der Waals surface area (Å²) < 4.78 is 6.05. The quantitative estimate of drug-likeness (QED) is 0.805. The van der Waals surface area contributed by atoms with E-state index in [2.05, 4.69) is 29.7 Å². The third-order valence-corrected chi connectivity index (χ3v) is 3.41. The number of hydrogen-bond donors (Lipinski definition) is 0. The summed E-state index contributed by atoms with van der Waals surface area (Å²) in [5.74, 6) is 1.71. The molecule has 0 N–H and O–H groups in total. The second kappa shape index (κ2) is 4.89. The third kappa shape index (κ3) is 2.21. The minimum absolute atomic E-state index is 0.846. The van der Waals surface area contributed by atoms with Gasteiger partial charge >= 0.3 is 0 Å². The molecule has 0 aromatic heterocycles. The van der Waals surface area contributed by atoms with Crippen molar-refractivity contribution in [1.82, 2.24) is 0 Å². The van der Waals surface area contributed by atoms with Crippen LogP contribution in [0.15, 0.2) is 61.2 Å². The molecule has 2 nitrogen and oxygen atoms in total. The summed E-state index contributed by atoms with van der Waals surface area (Å²) in [6.07, 6.45) is 1.99. The van der Waals surface area contributed by atoms with Crippen molar-refractivity contribution in [3.63, 3.8) is 0 Å². The molecule has 100 valence electrons. The van der Waals surface area contributed by atoms with E-state index in [0.29, 0.717) is 0 Å². The average molecular weight is 263 g/mol. The average Bonchev–Trinajstić information content (AvgIpc) is 2.47. The molecule has 1 aliphatic rings. The summed E-state index contributed by atoms with van der Waals surface area (Å²) in [6, 6.07) is 16.3. The van der Waals surface area contributed by atoms with Crippen LogP contribution in [0, 0.1) is 0 Å². The maximum atomic E-state index is 6.05. The molecule has 0 amide bonds. The van der Waals surface area contributed by atoms with Crippen LogP contribution in [0.5, 0.6) is 5.75 Å². The van der Waals surface area contributed by atoms with Gasteiger partial charge in [0.15, 0.2) is 0 Å². The first kappa shape index (κ1) is 12.5. The van der Waals surface area contributed by atoms with E-state index in [9.17, 15) is 0 Å². The highest BCUT2D eigenvalue weighted by molar-refractivity contribution is 5.87. The Labute approximate surface area is 119 Å². The van der Waals surface area contributed by atoms with Crippen molar-refractivity contribution in [2.75, 3.05) is 19.0 Å². The Balaban J connectivity index is 2.02. The molecule has 2 heteroatoms. The van der Waals surface area contributed by atoms with Gasteiger partial charge in [-0.05, 0) is 23.8 Å². The molecule has 0 spiro atoms. The fraction of sp³-hybridized carbons (Fsp3) is 0.111. The molecule has 0 aliphatic carbocycles. The normalized spacial score (nSPS) is 13.3. The van der Waals surface area contributed by atoms with E-state index in [1.807, 2.05) is 50.5 Å². The van der Waals surface area contributed by atoms with Crippen molar-refractivity contribution < 1.29 is 4.74 Å². The second-order valence-corrected chi connectivity index (χ2v) is 5.08. The van der Waals surface area contributed by atoms with E-state index in [4.69, 9.17) is 4.74 Å². The van der Waals surface area contributed by atoms with Gasteiger partial charge in [-0.2, -0.15) is 0 Å². The highest BCUT2D eigenvalue weighted by Crippen LogP contribution is 2.38. The van der Waals surface area contributed by atoms with Gasteiger partial charge in [0, 0.05) is 37.0 Å². The first-order valence-corrected chi connectivity index (χ1v) is 6.61. The SMILES string of the molecule is C=C1C=C(c2ccccc2)Oc2cc(N(C)C)ccc21. The number of rotatable bonds is 2. The van der Waals surface area contributed by atoms with Gasteiger partial charge in [0.25, 0.3) is 0 Å². The first-order valence-electron chi connectivity index (χ1n) is 6.61. The van der Waals surface area contributed by atoms with Crippen LogP contribution in [0.25, 0.3) is 11.3 Å². The zero-order chi connectivity index (χ0) is 14.1. The molecule has 1 heterocycles. The Hall–Kier alpha value is -2.48. The largest absolute Gasteiger partial charge is 0.456 e. The fourth-order valence-corrected chi connectivity index (χ4v) is 2.27. The van der Waals surface area contributed by atoms with Gasteiger partial charge in [0.2, 0.25) is 0 Å². The van der Waals surface area contributed by atoms with E-state index < -0.39 is 0 Å². The number of anilines is 1. The standard InChI is InChI=1S/C18H17NO/c1-13-11-17(14-7-5-4-6-8-14)20-18-12-15(19(2)3)9-10-16(13)18/h4-12H,1H2,2-3H3. The van der Waals surface area contributed by atoms with Crippen molar-refractivity contribution in [3.05, 3.63) is 72.3 Å². The minimum Gasteiger partial charge on any atom is -0.456 e. The van der Waals surface area contributed by atoms with Gasteiger partial charge in [-0.1, -0.05) is 36.9 Å². The van der Waals surface area contributed by atoms with E-state index in [1.165, 1.54) is 0 Å². The zero-order valence-corrected chi connectivity index (χ0v) is 11.8. The van der Waals surface area contributed by atoms with Crippen LogP contribution >= 0.6 is 0 Å². The lowest BCUT2D eigenvalue weighted by molar-refractivity contribution is 0.509. The van der Waals surface area contributed by atoms with Crippen molar-refractivity contribution >= 4 is 17.0 Å². The molecule has 0 atom stereocenters. The lowest BCUT2D eigenvalue weighted by atomic mass is 10.0. The highest BCUT2D eigenvalue weighted by atomic mass is 16.5. The van der Waals surface area contributed by atoms with E-state index in [1.54, 1.807) is 0 Å². The van der Waals surface area contributed by atoms with E-state index in [-0.39, 0.29) is 0 Å². The molecule has 20 heavy (non-hydrogen) atoms. The van der Waals surface area contributed by atoms with Crippen molar-refractivity contribution in [2.24, 2.45) is 0 Å². The van der Waals surface area contributed by atoms with E-state index in [0.717, 1.165) is 33.9 Å². The summed E-state index contributed by atoms with van der Waals surface area (Å²) in [6.45, 7) is 4.14. The van der Waals surface area contributed by atoms with Gasteiger partial charge in [-0.15, -0.1) is 0 Å². The van der Waals surface area contributed by atoms with Crippen LogP contribution in [0.3, 0.4) is 0 Å². The second-order valence-electron chi connectivity index (χ2n) is 5.08. The van der Waals surface area contributed by atoms with Crippen molar-refractivity contribution in [2.45, 2.75) is 0 Å². The van der Waals surface area contributed by atoms with Crippen LogP contribution in [-0.2, 0) is 0 Å². The Morgan fingerprint density at radius 3 is 2.45 bits per heavy atom. The predicted molar refractivity (Wildman–Crippen MR) is 84.9 cm³/mol. The first-order chi connectivity index (χ1) is 9.65. The Bertz CT molecular complexity index is 684. The van der Waals surface area contributed by atoms with Crippen LogP contribution in [0.1, 0.15) is 11.1 Å². The number of allylic oxidation sites excluding steroid dienone is 2. The summed E-state index contributed by atoms with van der Waals surface area (Å²) in [5.41, 5.74) is 4.21. The van der Waals surface area contributed by atoms with Gasteiger partial charge in [0.1, 0.15) is 11.5 Å². The van der Waals surface area contributed by atoms with Crippen molar-refractivity contribution in [3.8, 4) is 5.75 Å². The third-order valence-electron chi connectivity index (χ3n) is 3.41. The van der Waals surface area contributed by atoms with Crippen molar-refractivity contribution in [1.29, 1.82) is 0 Å². The summed E-state index contributed by atoms with van der Waals surface area (Å²) >= 11 is 0. The number of hydrogen-bond acceptors (Lipinski definition) is 2. The predicted octanol–water partition coefficient (Wildman–Crippen LogP) is 4.20. The molecule has 0 unspecified atom stereocenters. The molecule has 0 fully saturated rings. The minimum atomic E-state index is 0.846. The summed E-state index contributed by atoms with van der Waals surface area (Å²) in [5, 5.41) is 0. The van der Waals surface area contributed by atoms with Gasteiger partial charge in [-0.3, -0.25) is 0 Å². The van der Waals surface area contributed by atoms with Gasteiger partial charge < -0.3 is 9.64 Å². The zero-order valence-electron chi connectivity index (χ0n) is 11.8. The number of ether oxygens (including phenoxy) is 1. The number of benzene rings is 2. The molecule has 0 saturated carbocycles. The van der Waals surface area contributed by atoms with Gasteiger partial charge in [-0.25, -0.2) is 0 Å². The molecular formula is C18H17NO. The van der Waals surface area contributed by atoms with Crippen LogP contribution in [0.4, 0.5) is 5.69 Å². The molecule has 0 radical (unpaired) electrons. The monoisotopic (exact) mass is 263 g/mol. The highest BCUT2D eigenvalue weighted by Gasteiger charge is 2.17. The van der Waals surface area contributed by atoms with Crippen LogP contribution in [0.2, 0.25) is 0 Å². The molecule has 0 bridgehead atoms. The topological polar surface area (TPSA) is 12.5 Å². The lowest BCUT2D eigenvalue weighted by Crippen LogP contribution is -2.10. The summed E-state index contributed by atoms with van der Waals surface area (Å²) in [4.78, 5) is 2.06. The van der Waals surface area contributed by atoms with Crippen LogP contribution in [-0.4, -0.2) is 14.1 Å². The summed E-state index contributed by atoms with van der Waals surface area (Å²) in [7, 11) is 4.04. The molecule has 0 saturated heterocycles. The van der Waals surface area contributed by atoms with Crippen LogP contribution < -0.4 is 9.64 Å². The Morgan fingerprint density at radius 1 is 1.00 bits per heavy atom. The maximum Gasteiger partial charge on any atom is 0.137 e. The Kier molecular flexibility index (Phi) is 3.07. The molecular weight excluding hydrogens is 246 g/mol. The molecule has 2 aromatic carbocycles. The Morgan fingerprint density at radius 2 is 1.75 bits per heavy atom. The lowest BCUT2D eigenvalue weighted by Gasteiger charge is -2.22. The number of nitrogens with zero attached hydrogens (tertiary/aromatic N) is 1. The maximum absolute atomic E-state index is 6.05. The fourth-order valence-electron chi connectivity index (χ4n) is 2.27. The molecule has 3 rings (SSSR count). The number of fused-ring (bicyclic) bond motifs is 1.